The Morgan fingerprint density at radius 2 is 1.01 bits per heavy atom. The van der Waals surface area contributed by atoms with E-state index in [1.165, 1.54) is 36.4 Å². The predicted molar refractivity (Wildman–Crippen MR) is 247 cm³/mol. The maximum atomic E-state index is 15.5. The number of nitrogens with zero attached hydrogens (tertiary/aromatic N) is 4. The summed E-state index contributed by atoms with van der Waals surface area (Å²) in [6.45, 7) is 12.2. The second-order valence-electron chi connectivity index (χ2n) is 16.6. The quantitative estimate of drug-likeness (QED) is 0.125. The van der Waals surface area contributed by atoms with Gasteiger partial charge in [0.05, 0.1) is 68.3 Å². The molecule has 0 atom stereocenters. The van der Waals surface area contributed by atoms with Crippen LogP contribution in [-0.2, 0) is 18.5 Å². The van der Waals surface area contributed by atoms with E-state index in [1.807, 2.05) is 62.4 Å². The summed E-state index contributed by atoms with van der Waals surface area (Å²) in [5.74, 6) is 0. The van der Waals surface area contributed by atoms with Crippen LogP contribution < -0.4 is 0 Å². The Kier molecular flexibility index (Phi) is 10.0. The highest BCUT2D eigenvalue weighted by Crippen LogP contribution is 2.50. The normalized spacial score (nSPS) is 12.3. The van der Waals surface area contributed by atoms with Gasteiger partial charge in [0.2, 0.25) is 0 Å². The van der Waals surface area contributed by atoms with Crippen molar-refractivity contribution in [1.82, 2.24) is 9.13 Å². The van der Waals surface area contributed by atoms with Crippen molar-refractivity contribution in [3.05, 3.63) is 196 Å². The fourth-order valence-electron chi connectivity index (χ4n) is 9.56. The molecule has 0 aliphatic heterocycles. The second kappa shape index (κ2) is 15.7. The minimum absolute atomic E-state index is 0.0348. The number of para-hydroxylation sites is 2. The molecule has 0 N–H and O–H groups in total. The van der Waals surface area contributed by atoms with Gasteiger partial charge >= 0.3 is 18.5 Å². The number of alkyl halides is 9. The fourth-order valence-corrected chi connectivity index (χ4v) is 9.56. The Hall–Kier alpha value is -8.29. The average molecular weight is 919 g/mol. The van der Waals surface area contributed by atoms with Crippen molar-refractivity contribution in [2.75, 3.05) is 0 Å². The lowest BCUT2D eigenvalue weighted by atomic mass is 9.92. The molecule has 10 aromatic rings. The molecule has 2 aromatic heterocycles. The van der Waals surface area contributed by atoms with E-state index in [9.17, 15) is 31.6 Å². The zero-order valence-corrected chi connectivity index (χ0v) is 35.6. The zero-order chi connectivity index (χ0) is 48.0. The average Bonchev–Trinajstić information content (AvgIpc) is 3.82. The molecule has 0 aliphatic carbocycles. The van der Waals surface area contributed by atoms with Crippen LogP contribution in [0.4, 0.5) is 45.2 Å². The van der Waals surface area contributed by atoms with Gasteiger partial charge < -0.3 is 9.13 Å². The molecule has 0 aliphatic rings. The van der Waals surface area contributed by atoms with Crippen molar-refractivity contribution >= 4 is 49.3 Å². The van der Waals surface area contributed by atoms with Crippen molar-refractivity contribution in [2.24, 2.45) is 0 Å². The van der Waals surface area contributed by atoms with Crippen LogP contribution in [0.25, 0.3) is 93.2 Å². The van der Waals surface area contributed by atoms with Crippen LogP contribution in [0.15, 0.2) is 152 Å². The maximum absolute atomic E-state index is 15.5. The molecule has 0 bridgehead atoms. The number of nitriles is 1. The van der Waals surface area contributed by atoms with Crippen molar-refractivity contribution in [2.45, 2.75) is 32.4 Å². The molecule has 13 heteroatoms. The molecule has 0 amide bonds. The highest BCUT2D eigenvalue weighted by atomic mass is 19.4. The molecule has 0 spiro atoms. The lowest BCUT2D eigenvalue weighted by Crippen LogP contribution is -2.12. The maximum Gasteiger partial charge on any atom is 0.417 e. The molecule has 8 aromatic carbocycles. The van der Waals surface area contributed by atoms with E-state index < -0.39 is 46.3 Å². The zero-order valence-electron chi connectivity index (χ0n) is 35.6. The van der Waals surface area contributed by atoms with E-state index in [-0.39, 0.29) is 45.3 Å². The molecule has 4 nitrogen and oxygen atoms in total. The Morgan fingerprint density at radius 1 is 0.485 bits per heavy atom. The molecule has 0 unspecified atom stereocenters. The first-order chi connectivity index (χ1) is 32.4. The smallest absolute Gasteiger partial charge is 0.309 e. The van der Waals surface area contributed by atoms with Gasteiger partial charge in [-0.2, -0.15) is 44.8 Å². The Balaban J connectivity index is 1.34. The van der Waals surface area contributed by atoms with Crippen molar-refractivity contribution in [3.63, 3.8) is 0 Å². The first-order valence-electron chi connectivity index (χ1n) is 21.0. The van der Waals surface area contributed by atoms with Crippen LogP contribution in [0.2, 0.25) is 0 Å². The number of halogens is 9. The molecule has 68 heavy (non-hydrogen) atoms. The van der Waals surface area contributed by atoms with Gasteiger partial charge in [-0.05, 0) is 102 Å². The second-order valence-corrected chi connectivity index (χ2v) is 16.6. The summed E-state index contributed by atoms with van der Waals surface area (Å²) in [6.07, 6.45) is -15.2. The molecule has 0 saturated carbocycles. The Bertz CT molecular complexity index is 3820. The number of hydrogen-bond acceptors (Lipinski definition) is 1. The standard InChI is InChI=1S/C55H31F9N4/c1-30-15-19-36(31(2)23-30)33-16-21-47-40(26-33)38-9-4-6-13-45(38)67(47)49-24-32(29-65)25-50(52(49)51-42(54(59,60)61)11-8-12-44(51)66-3)68-46-14-7-5-10-39(46)41-27-34(17-22-48(41)68)37-20-18-35(53(56,57)58)28-43(37)55(62,63)64/h4-28H,1-2H3. The summed E-state index contributed by atoms with van der Waals surface area (Å²) in [5.41, 5.74) is 0.451. The van der Waals surface area contributed by atoms with Gasteiger partial charge in [0.25, 0.3) is 0 Å². The number of aryl methyl sites for hydroxylation is 2. The lowest BCUT2D eigenvalue weighted by Gasteiger charge is -2.24. The largest absolute Gasteiger partial charge is 0.417 e. The lowest BCUT2D eigenvalue weighted by molar-refractivity contribution is -0.143. The molecule has 0 radical (unpaired) electrons. The third-order valence-corrected chi connectivity index (χ3v) is 12.4. The predicted octanol–water partition coefficient (Wildman–Crippen LogP) is 17.0. The molecule has 0 saturated heterocycles. The van der Waals surface area contributed by atoms with Gasteiger partial charge in [0.15, 0.2) is 5.69 Å². The van der Waals surface area contributed by atoms with E-state index in [0.29, 0.717) is 33.4 Å². The van der Waals surface area contributed by atoms with Gasteiger partial charge in [-0.3, -0.25) is 0 Å². The third kappa shape index (κ3) is 7.10. The van der Waals surface area contributed by atoms with Crippen molar-refractivity contribution in [3.8, 4) is 50.8 Å². The van der Waals surface area contributed by atoms with Crippen molar-refractivity contribution < 1.29 is 39.5 Å². The fraction of sp³-hybridized carbons (Fsp3) is 0.0909. The molecule has 334 valence electrons. The minimum Gasteiger partial charge on any atom is -0.309 e. The molecule has 0 fully saturated rings. The Morgan fingerprint density at radius 3 is 1.53 bits per heavy atom. The van der Waals surface area contributed by atoms with Crippen LogP contribution in [0.3, 0.4) is 0 Å². The molecular weight excluding hydrogens is 888 g/mol. The van der Waals surface area contributed by atoms with Crippen molar-refractivity contribution in [1.29, 1.82) is 5.26 Å². The first-order valence-corrected chi connectivity index (χ1v) is 21.0. The summed E-state index contributed by atoms with van der Waals surface area (Å²) < 4.78 is 135. The van der Waals surface area contributed by atoms with Crippen LogP contribution in [-0.4, -0.2) is 9.13 Å². The molecule has 10 rings (SSSR count). The van der Waals surface area contributed by atoms with E-state index in [4.69, 9.17) is 6.57 Å². The van der Waals surface area contributed by atoms with Gasteiger partial charge in [0, 0.05) is 32.7 Å². The summed E-state index contributed by atoms with van der Waals surface area (Å²) in [4.78, 5) is 3.62. The van der Waals surface area contributed by atoms with Crippen LogP contribution in [0.1, 0.15) is 33.4 Å². The van der Waals surface area contributed by atoms with E-state index in [0.717, 1.165) is 51.2 Å². The summed E-state index contributed by atoms with van der Waals surface area (Å²) >= 11 is 0. The summed E-state index contributed by atoms with van der Waals surface area (Å²) in [6, 6.07) is 39.9. The topological polar surface area (TPSA) is 38.0 Å². The third-order valence-electron chi connectivity index (χ3n) is 12.4. The first kappa shape index (κ1) is 43.6. The van der Waals surface area contributed by atoms with Crippen LogP contribution in [0.5, 0.6) is 0 Å². The van der Waals surface area contributed by atoms with Crippen LogP contribution in [0, 0.1) is 31.8 Å². The van der Waals surface area contributed by atoms with Gasteiger partial charge in [0.1, 0.15) is 0 Å². The SMILES string of the molecule is [C-]#[N+]c1cccc(C(F)(F)F)c1-c1c(-n2c3ccccc3c3cc(-c4ccc(C)cc4C)ccc32)cc(C#N)cc1-n1c2ccccc2c2cc(-c3ccc(C(F)(F)F)cc3C(F)(F)F)ccc21. The molecule has 2 heterocycles. The van der Waals surface area contributed by atoms with Gasteiger partial charge in [-0.25, -0.2) is 4.85 Å². The van der Waals surface area contributed by atoms with E-state index in [1.54, 1.807) is 39.5 Å². The summed E-state index contributed by atoms with van der Waals surface area (Å²) in [5, 5.41) is 13.0. The monoisotopic (exact) mass is 918 g/mol. The van der Waals surface area contributed by atoms with Crippen LogP contribution >= 0.6 is 0 Å². The number of hydrogen-bond donors (Lipinski definition) is 0. The number of benzene rings is 8. The van der Waals surface area contributed by atoms with E-state index >= 15 is 13.2 Å². The summed E-state index contributed by atoms with van der Waals surface area (Å²) in [7, 11) is 0. The van der Waals surface area contributed by atoms with Gasteiger partial charge in [-0.1, -0.05) is 96.6 Å². The number of rotatable bonds is 5. The minimum atomic E-state index is -5.18. The molecular formula is C55H31F9N4. The Labute approximate surface area is 381 Å². The number of fused-ring (bicyclic) bond motifs is 6. The number of aromatic nitrogens is 2. The highest BCUT2D eigenvalue weighted by Gasteiger charge is 2.39. The van der Waals surface area contributed by atoms with Gasteiger partial charge in [-0.15, -0.1) is 0 Å². The highest BCUT2D eigenvalue weighted by molar-refractivity contribution is 6.14. The van der Waals surface area contributed by atoms with E-state index in [2.05, 4.69) is 17.0 Å².